The fraction of sp³-hybridized carbons (Fsp3) is 0.176. The van der Waals surface area contributed by atoms with Crippen LogP contribution in [-0.2, 0) is 22.4 Å². The minimum absolute atomic E-state index is 0.0737. The number of amides is 1. The summed E-state index contributed by atoms with van der Waals surface area (Å²) in [5.74, 6) is -1.65. The van der Waals surface area contributed by atoms with Crippen LogP contribution in [0.2, 0.25) is 5.02 Å². The lowest BCUT2D eigenvalue weighted by atomic mass is 9.95. The number of aromatic nitrogens is 1. The van der Waals surface area contributed by atoms with E-state index in [0.29, 0.717) is 45.5 Å². The first kappa shape index (κ1) is 29.8. The van der Waals surface area contributed by atoms with Crippen LogP contribution in [0.25, 0.3) is 22.0 Å². The van der Waals surface area contributed by atoms with Crippen molar-refractivity contribution >= 4 is 40.1 Å². The van der Waals surface area contributed by atoms with Gasteiger partial charge in [-0.15, -0.1) is 0 Å². The zero-order valence-electron chi connectivity index (χ0n) is 23.6. The number of halogens is 3. The van der Waals surface area contributed by atoms with Crippen LogP contribution in [0.1, 0.15) is 40.5 Å². The van der Waals surface area contributed by atoms with Gasteiger partial charge in [-0.25, -0.2) is 13.6 Å². The first-order chi connectivity index (χ1) is 20.7. The van der Waals surface area contributed by atoms with E-state index >= 15 is 0 Å². The standard InChI is InChI=1S/C34H29ClF2N2O4/c1-3-43-34(41)33-32(39-30(40)12-9-20-7-10-28(42-2)11-8-20)31-24(13-21-5-4-6-25(35)14-21)15-22(18-29(31)38-33)23-16-26(36)19-27(37)17-23/h4-8,10-11,14-19,38H,3,9,12-13H2,1-2H3,(H,39,40). The van der Waals surface area contributed by atoms with Crippen LogP contribution in [0.3, 0.4) is 0 Å². The third kappa shape index (κ3) is 7.04. The molecule has 9 heteroatoms. The Kier molecular flexibility index (Phi) is 9.07. The summed E-state index contributed by atoms with van der Waals surface area (Å²) >= 11 is 6.26. The summed E-state index contributed by atoms with van der Waals surface area (Å²) in [7, 11) is 1.59. The zero-order chi connectivity index (χ0) is 30.5. The summed E-state index contributed by atoms with van der Waals surface area (Å²) in [5.41, 5.74) is 4.22. The molecule has 0 aliphatic rings. The van der Waals surface area contributed by atoms with Gasteiger partial charge in [-0.05, 0) is 96.1 Å². The van der Waals surface area contributed by atoms with E-state index in [0.717, 1.165) is 22.9 Å². The Morgan fingerprint density at radius 3 is 2.30 bits per heavy atom. The van der Waals surface area contributed by atoms with Gasteiger partial charge in [-0.2, -0.15) is 0 Å². The lowest BCUT2D eigenvalue weighted by Crippen LogP contribution is -2.16. The smallest absolute Gasteiger partial charge is 0.356 e. The van der Waals surface area contributed by atoms with Crippen LogP contribution < -0.4 is 10.1 Å². The van der Waals surface area contributed by atoms with Crippen LogP contribution >= 0.6 is 11.6 Å². The minimum atomic E-state index is -0.713. The van der Waals surface area contributed by atoms with Gasteiger partial charge in [0.2, 0.25) is 5.91 Å². The van der Waals surface area contributed by atoms with Gasteiger partial charge in [0.05, 0.1) is 19.4 Å². The second-order valence-corrected chi connectivity index (χ2v) is 10.5. The molecule has 0 unspecified atom stereocenters. The molecule has 0 spiro atoms. The highest BCUT2D eigenvalue weighted by Gasteiger charge is 2.24. The number of ether oxygens (including phenoxy) is 2. The van der Waals surface area contributed by atoms with E-state index < -0.39 is 17.6 Å². The van der Waals surface area contributed by atoms with Crippen molar-refractivity contribution < 1.29 is 27.8 Å². The fourth-order valence-electron chi connectivity index (χ4n) is 5.04. The predicted octanol–water partition coefficient (Wildman–Crippen LogP) is 8.11. The number of hydrogen-bond acceptors (Lipinski definition) is 4. The normalized spacial score (nSPS) is 11.0. The Hall–Kier alpha value is -4.69. The lowest BCUT2D eigenvalue weighted by molar-refractivity contribution is -0.116. The maximum atomic E-state index is 14.2. The molecule has 1 heterocycles. The third-order valence-electron chi connectivity index (χ3n) is 7.00. The van der Waals surface area contributed by atoms with Gasteiger partial charge in [-0.3, -0.25) is 4.79 Å². The summed E-state index contributed by atoms with van der Waals surface area (Å²) < 4.78 is 38.9. The summed E-state index contributed by atoms with van der Waals surface area (Å²) in [6.45, 7) is 1.82. The van der Waals surface area contributed by atoms with Crippen LogP contribution in [0.15, 0.2) is 78.9 Å². The number of aromatic amines is 1. The molecule has 0 aliphatic carbocycles. The molecular weight excluding hydrogens is 574 g/mol. The number of rotatable bonds is 10. The van der Waals surface area contributed by atoms with Crippen molar-refractivity contribution in [3.05, 3.63) is 118 Å². The molecule has 4 aromatic carbocycles. The number of anilines is 1. The van der Waals surface area contributed by atoms with E-state index in [9.17, 15) is 18.4 Å². The van der Waals surface area contributed by atoms with Crippen molar-refractivity contribution in [1.29, 1.82) is 0 Å². The van der Waals surface area contributed by atoms with Gasteiger partial charge < -0.3 is 19.8 Å². The Labute approximate surface area is 252 Å². The molecule has 1 aromatic heterocycles. The molecule has 0 bridgehead atoms. The first-order valence-corrected chi connectivity index (χ1v) is 14.1. The van der Waals surface area contributed by atoms with Crippen molar-refractivity contribution in [2.75, 3.05) is 19.0 Å². The molecule has 220 valence electrons. The highest BCUT2D eigenvalue weighted by Crippen LogP contribution is 2.37. The molecule has 0 aliphatic heterocycles. The molecular formula is C34H29ClF2N2O4. The monoisotopic (exact) mass is 602 g/mol. The fourth-order valence-corrected chi connectivity index (χ4v) is 5.26. The van der Waals surface area contributed by atoms with E-state index in [-0.39, 0.29) is 30.3 Å². The van der Waals surface area contributed by atoms with Crippen LogP contribution in [0, 0.1) is 11.6 Å². The number of aryl methyl sites for hydroxylation is 1. The predicted molar refractivity (Wildman–Crippen MR) is 164 cm³/mol. The second-order valence-electron chi connectivity index (χ2n) is 10.0. The number of H-pyrrole nitrogens is 1. The summed E-state index contributed by atoms with van der Waals surface area (Å²) in [5, 5.41) is 4.07. The van der Waals surface area contributed by atoms with Crippen molar-refractivity contribution in [3.63, 3.8) is 0 Å². The Bertz CT molecular complexity index is 1780. The summed E-state index contributed by atoms with van der Waals surface area (Å²) in [6, 6.07) is 21.5. The quantitative estimate of drug-likeness (QED) is 0.158. The van der Waals surface area contributed by atoms with Crippen LogP contribution in [0.5, 0.6) is 5.75 Å². The molecule has 6 nitrogen and oxygen atoms in total. The lowest BCUT2D eigenvalue weighted by Gasteiger charge is -2.13. The third-order valence-corrected chi connectivity index (χ3v) is 7.24. The molecule has 0 fully saturated rings. The molecule has 5 aromatic rings. The molecule has 2 N–H and O–H groups in total. The maximum absolute atomic E-state index is 14.2. The maximum Gasteiger partial charge on any atom is 0.356 e. The van der Waals surface area contributed by atoms with Crippen molar-refractivity contribution in [3.8, 4) is 16.9 Å². The van der Waals surface area contributed by atoms with Crippen molar-refractivity contribution in [2.45, 2.75) is 26.2 Å². The molecule has 0 saturated heterocycles. The van der Waals surface area contributed by atoms with E-state index in [4.69, 9.17) is 21.1 Å². The number of fused-ring (bicyclic) bond motifs is 1. The second kappa shape index (κ2) is 13.1. The topological polar surface area (TPSA) is 80.4 Å². The molecule has 0 radical (unpaired) electrons. The number of hydrogen-bond donors (Lipinski definition) is 2. The molecule has 1 amide bonds. The molecule has 0 atom stereocenters. The SMILES string of the molecule is CCOC(=O)c1[nH]c2cc(-c3cc(F)cc(F)c3)cc(Cc3cccc(Cl)c3)c2c1NC(=O)CCc1ccc(OC)cc1. The van der Waals surface area contributed by atoms with Gasteiger partial charge in [0.15, 0.2) is 0 Å². The number of methoxy groups -OCH3 is 1. The van der Waals surface area contributed by atoms with E-state index in [1.54, 1.807) is 32.2 Å². The average Bonchev–Trinajstić information content (AvgIpc) is 3.34. The van der Waals surface area contributed by atoms with E-state index in [1.165, 1.54) is 12.1 Å². The highest BCUT2D eigenvalue weighted by molar-refractivity contribution is 6.30. The number of nitrogens with one attached hydrogen (secondary N) is 2. The largest absolute Gasteiger partial charge is 0.497 e. The summed E-state index contributed by atoms with van der Waals surface area (Å²) in [6.07, 6.45) is 0.987. The van der Waals surface area contributed by atoms with Gasteiger partial charge >= 0.3 is 5.97 Å². The Balaban J connectivity index is 1.60. The first-order valence-electron chi connectivity index (χ1n) is 13.7. The van der Waals surface area contributed by atoms with Gasteiger partial charge in [-0.1, -0.05) is 35.9 Å². The average molecular weight is 603 g/mol. The Morgan fingerprint density at radius 2 is 1.63 bits per heavy atom. The van der Waals surface area contributed by atoms with Gasteiger partial charge in [0.25, 0.3) is 0 Å². The van der Waals surface area contributed by atoms with Crippen molar-refractivity contribution in [2.24, 2.45) is 0 Å². The van der Waals surface area contributed by atoms with Crippen LogP contribution in [0.4, 0.5) is 14.5 Å². The van der Waals surface area contributed by atoms with E-state index in [2.05, 4.69) is 10.3 Å². The molecule has 43 heavy (non-hydrogen) atoms. The molecule has 5 rings (SSSR count). The van der Waals surface area contributed by atoms with Gasteiger partial charge in [0.1, 0.15) is 23.1 Å². The highest BCUT2D eigenvalue weighted by atomic mass is 35.5. The summed E-state index contributed by atoms with van der Waals surface area (Å²) in [4.78, 5) is 29.4. The number of esters is 1. The van der Waals surface area contributed by atoms with Crippen LogP contribution in [-0.4, -0.2) is 30.6 Å². The van der Waals surface area contributed by atoms with Gasteiger partial charge in [0, 0.05) is 28.4 Å². The van der Waals surface area contributed by atoms with E-state index in [1.807, 2.05) is 42.5 Å². The Morgan fingerprint density at radius 1 is 0.907 bits per heavy atom. The number of benzene rings is 4. The molecule has 0 saturated carbocycles. The van der Waals surface area contributed by atoms with Crippen molar-refractivity contribution in [1.82, 2.24) is 4.98 Å². The number of carbonyl (C=O) groups is 2. The zero-order valence-corrected chi connectivity index (χ0v) is 24.4. The minimum Gasteiger partial charge on any atom is -0.497 e. The number of carbonyl (C=O) groups excluding carboxylic acids is 2.